The van der Waals surface area contributed by atoms with Gasteiger partial charge < -0.3 is 13.7 Å². The molecule has 1 amide bonds. The molecule has 44 heavy (non-hydrogen) atoms. The maximum atomic E-state index is 13.6. The smallest absolute Gasteiger partial charge is 0.356 e. The zero-order chi connectivity index (χ0) is 31.0. The van der Waals surface area contributed by atoms with Crippen molar-refractivity contribution < 1.29 is 27.2 Å². The number of esters is 1. The topological polar surface area (TPSA) is 120 Å². The van der Waals surface area contributed by atoms with Gasteiger partial charge in [-0.05, 0) is 76.7 Å². The number of carbonyl (C=O) groups is 2. The predicted molar refractivity (Wildman–Crippen MR) is 168 cm³/mol. The molecule has 2 aromatic carbocycles. The normalized spacial score (nSPS) is 13.2. The van der Waals surface area contributed by atoms with Gasteiger partial charge in [0.2, 0.25) is 0 Å². The fraction of sp³-hybridized carbons (Fsp3) is 0.242. The number of carbonyl (C=O) groups excluding carboxylic acids is 2. The molecule has 3 aromatic rings. The number of benzene rings is 2. The molecule has 2 aliphatic carbocycles. The summed E-state index contributed by atoms with van der Waals surface area (Å²) < 4.78 is 41.9. The third-order valence-corrected chi connectivity index (χ3v) is 9.90. The van der Waals surface area contributed by atoms with Crippen LogP contribution >= 0.6 is 15.9 Å². The number of nitrogens with one attached hydrogen (secondary N) is 1. The van der Waals surface area contributed by atoms with Crippen LogP contribution in [-0.4, -0.2) is 36.5 Å². The van der Waals surface area contributed by atoms with Gasteiger partial charge in [0.05, 0.1) is 36.3 Å². The van der Waals surface area contributed by atoms with Crippen molar-refractivity contribution >= 4 is 37.8 Å². The summed E-state index contributed by atoms with van der Waals surface area (Å²) in [5, 5.41) is 0. The highest BCUT2D eigenvalue weighted by Crippen LogP contribution is 2.48. The second-order valence-corrected chi connectivity index (χ2v) is 13.0. The lowest BCUT2D eigenvalue weighted by Gasteiger charge is -2.16. The number of aryl methyl sites for hydroxylation is 1. The number of hydrogen-bond donors (Lipinski definition) is 1. The molecule has 1 aliphatic heterocycles. The van der Waals surface area contributed by atoms with E-state index >= 15 is 0 Å². The van der Waals surface area contributed by atoms with E-state index in [2.05, 4.69) is 20.7 Å². The lowest BCUT2D eigenvalue weighted by atomic mass is 9.97. The van der Waals surface area contributed by atoms with Crippen molar-refractivity contribution in [3.63, 3.8) is 0 Å². The average molecular weight is 677 g/mol. The number of aromatic nitrogens is 2. The summed E-state index contributed by atoms with van der Waals surface area (Å²) in [4.78, 5) is 31.8. The van der Waals surface area contributed by atoms with Crippen LogP contribution in [-0.2, 0) is 27.7 Å². The Morgan fingerprint density at radius 2 is 1.75 bits per heavy atom. The Hall–Kier alpha value is -4.22. The number of sulfonamides is 1. The summed E-state index contributed by atoms with van der Waals surface area (Å²) >= 11 is 3.75. The summed E-state index contributed by atoms with van der Waals surface area (Å²) in [6.45, 7) is 4.27. The van der Waals surface area contributed by atoms with Gasteiger partial charge >= 0.3 is 5.97 Å². The molecular weight excluding hydrogens is 646 g/mol. The second kappa shape index (κ2) is 12.0. The molecule has 1 fully saturated rings. The minimum Gasteiger partial charge on any atom is -0.472 e. The van der Waals surface area contributed by atoms with Crippen molar-refractivity contribution in [1.82, 2.24) is 14.3 Å². The molecule has 2 heterocycles. The number of halogens is 1. The van der Waals surface area contributed by atoms with Crippen LogP contribution in [0.15, 0.2) is 87.0 Å². The molecule has 11 heteroatoms. The van der Waals surface area contributed by atoms with Crippen LogP contribution in [0.4, 0.5) is 0 Å². The first kappa shape index (κ1) is 29.8. The number of ether oxygens (including phenoxy) is 1. The first-order chi connectivity index (χ1) is 21.2. The largest absolute Gasteiger partial charge is 0.472 e. The zero-order valence-electron chi connectivity index (χ0n) is 24.2. The standard InChI is InChI=1S/C33H30BrN3O6S/c1-3-27-35-30(20-14-15-20)31(33(39)43-4-2)37(27)18-25-22-16-17-42-19-26(22)29(34)28(25)23-12-8-9-13-24(23)32(38)36-44(40,41)21-10-6-5-7-11-21/h5-13,16-17,19-20H,3-4,14-15,18H2,1-2H3,(H,36,38). The van der Waals surface area contributed by atoms with Crippen LogP contribution in [0.3, 0.4) is 0 Å². The molecule has 6 rings (SSSR count). The van der Waals surface area contributed by atoms with E-state index in [0.29, 0.717) is 27.7 Å². The van der Waals surface area contributed by atoms with Gasteiger partial charge in [-0.3, -0.25) is 4.79 Å². The van der Waals surface area contributed by atoms with Gasteiger partial charge in [0.15, 0.2) is 5.69 Å². The molecule has 1 aromatic heterocycles. The zero-order valence-corrected chi connectivity index (χ0v) is 26.6. The number of imidazole rings is 1. The summed E-state index contributed by atoms with van der Waals surface area (Å²) in [5.74, 6) is -0.207. The van der Waals surface area contributed by atoms with Gasteiger partial charge in [0, 0.05) is 33.5 Å². The molecule has 0 atom stereocenters. The Labute approximate surface area is 263 Å². The molecule has 0 unspecified atom stereocenters. The number of hydrogen-bond acceptors (Lipinski definition) is 7. The van der Waals surface area contributed by atoms with Gasteiger partial charge in [0.1, 0.15) is 5.82 Å². The molecule has 1 saturated carbocycles. The van der Waals surface area contributed by atoms with Crippen LogP contribution in [0.1, 0.15) is 70.5 Å². The number of nitrogens with zero attached hydrogens (tertiary/aromatic N) is 2. The number of rotatable bonds is 10. The molecule has 3 aliphatic rings. The Bertz CT molecular complexity index is 1940. The van der Waals surface area contributed by atoms with E-state index < -0.39 is 21.9 Å². The molecular formula is C33H30BrN3O6S. The highest BCUT2D eigenvalue weighted by molar-refractivity contribution is 9.10. The Morgan fingerprint density at radius 3 is 2.45 bits per heavy atom. The fourth-order valence-corrected chi connectivity index (χ4v) is 7.30. The highest BCUT2D eigenvalue weighted by Gasteiger charge is 2.36. The van der Waals surface area contributed by atoms with Crippen molar-refractivity contribution in [3.05, 3.63) is 106 Å². The summed E-state index contributed by atoms with van der Waals surface area (Å²) in [7, 11) is -4.12. The molecule has 0 radical (unpaired) electrons. The monoisotopic (exact) mass is 675 g/mol. The van der Waals surface area contributed by atoms with Crippen molar-refractivity contribution in [2.24, 2.45) is 0 Å². The van der Waals surface area contributed by atoms with Gasteiger partial charge in [0.25, 0.3) is 15.9 Å². The molecule has 226 valence electrons. The van der Waals surface area contributed by atoms with Crippen molar-refractivity contribution in [2.75, 3.05) is 6.61 Å². The molecule has 1 N–H and O–H groups in total. The van der Waals surface area contributed by atoms with Crippen molar-refractivity contribution in [2.45, 2.75) is 50.5 Å². The summed E-state index contributed by atoms with van der Waals surface area (Å²) in [5.41, 5.74) is 5.01. The summed E-state index contributed by atoms with van der Waals surface area (Å²) in [6.07, 6.45) is 5.73. The first-order valence-corrected chi connectivity index (χ1v) is 16.7. The van der Waals surface area contributed by atoms with Crippen LogP contribution in [0.25, 0.3) is 22.3 Å². The highest BCUT2D eigenvalue weighted by atomic mass is 79.9. The minimum atomic E-state index is -4.12. The van der Waals surface area contributed by atoms with E-state index in [9.17, 15) is 18.0 Å². The molecule has 0 bridgehead atoms. The molecule has 9 nitrogen and oxygen atoms in total. The maximum Gasteiger partial charge on any atom is 0.356 e. The third kappa shape index (κ3) is 5.46. The fourth-order valence-electron chi connectivity index (χ4n) is 5.56. The molecule has 0 spiro atoms. The Balaban J connectivity index is 1.50. The van der Waals surface area contributed by atoms with E-state index in [1.165, 1.54) is 12.1 Å². The van der Waals surface area contributed by atoms with E-state index in [-0.39, 0.29) is 29.5 Å². The van der Waals surface area contributed by atoms with Gasteiger partial charge in [-0.15, -0.1) is 0 Å². The summed E-state index contributed by atoms with van der Waals surface area (Å²) in [6, 6.07) is 16.4. The van der Waals surface area contributed by atoms with Crippen molar-refractivity contribution in [1.29, 1.82) is 0 Å². The van der Waals surface area contributed by atoms with E-state index in [1.54, 1.807) is 61.9 Å². The van der Waals surface area contributed by atoms with Crippen LogP contribution in [0.2, 0.25) is 0 Å². The number of fused-ring (bicyclic) bond motifs is 1. The van der Waals surface area contributed by atoms with E-state index in [4.69, 9.17) is 14.1 Å². The lowest BCUT2D eigenvalue weighted by Crippen LogP contribution is -2.31. The first-order valence-electron chi connectivity index (χ1n) is 14.4. The quantitative estimate of drug-likeness (QED) is 0.162. The Kier molecular flexibility index (Phi) is 8.17. The SMILES string of the molecule is CCOC(=O)c1c(C2CC2)nc(CC)n1Cc1c2ccocc-2c(Br)c1-c1ccccc1C(=O)NS(=O)(=O)c1ccccc1. The van der Waals surface area contributed by atoms with Crippen LogP contribution in [0.5, 0.6) is 0 Å². The van der Waals surface area contributed by atoms with Gasteiger partial charge in [-0.2, -0.15) is 0 Å². The average Bonchev–Trinajstić information content (AvgIpc) is 3.76. The minimum absolute atomic E-state index is 0.0153. The van der Waals surface area contributed by atoms with Crippen molar-refractivity contribution in [3.8, 4) is 22.3 Å². The number of amides is 1. The third-order valence-electron chi connectivity index (χ3n) is 7.73. The van der Waals surface area contributed by atoms with E-state index in [0.717, 1.165) is 41.1 Å². The van der Waals surface area contributed by atoms with Crippen LogP contribution in [0, 0.1) is 0 Å². The van der Waals surface area contributed by atoms with Gasteiger partial charge in [-0.25, -0.2) is 22.9 Å². The van der Waals surface area contributed by atoms with E-state index in [1.807, 2.05) is 17.6 Å². The lowest BCUT2D eigenvalue weighted by molar-refractivity contribution is 0.0512. The second-order valence-electron chi connectivity index (χ2n) is 10.5. The van der Waals surface area contributed by atoms with Gasteiger partial charge in [-0.1, -0.05) is 43.3 Å². The predicted octanol–water partition coefficient (Wildman–Crippen LogP) is 6.79. The molecule has 0 saturated heterocycles. The maximum absolute atomic E-state index is 13.6. The van der Waals surface area contributed by atoms with Crippen LogP contribution < -0.4 is 4.72 Å². The Morgan fingerprint density at radius 1 is 1.02 bits per heavy atom.